The normalized spacial score (nSPS) is 22.5. The minimum atomic E-state index is -0.350. The molecular formula is C16H20FN3O3. The maximum atomic E-state index is 13.0. The van der Waals surface area contributed by atoms with E-state index in [4.69, 9.17) is 0 Å². The molecule has 1 aromatic rings. The van der Waals surface area contributed by atoms with Gasteiger partial charge >= 0.3 is 6.03 Å². The van der Waals surface area contributed by atoms with Crippen molar-refractivity contribution in [2.45, 2.75) is 31.4 Å². The number of carbonyl (C=O) groups is 2. The highest BCUT2D eigenvalue weighted by Crippen LogP contribution is 2.22. The SMILES string of the molecule is O=C(N[C@H]1CC(=O)N(c2ccc(F)cc2)C1)N1CCC(O)CC1. The highest BCUT2D eigenvalue weighted by atomic mass is 19.1. The molecule has 2 N–H and O–H groups in total. The topological polar surface area (TPSA) is 72.9 Å². The molecule has 2 aliphatic heterocycles. The van der Waals surface area contributed by atoms with Crippen molar-refractivity contribution >= 4 is 17.6 Å². The molecule has 23 heavy (non-hydrogen) atoms. The van der Waals surface area contributed by atoms with Gasteiger partial charge in [-0.15, -0.1) is 0 Å². The Morgan fingerprint density at radius 3 is 2.52 bits per heavy atom. The van der Waals surface area contributed by atoms with Gasteiger partial charge in [0.25, 0.3) is 0 Å². The summed E-state index contributed by atoms with van der Waals surface area (Å²) in [5.74, 6) is -0.437. The lowest BCUT2D eigenvalue weighted by Gasteiger charge is -2.30. The summed E-state index contributed by atoms with van der Waals surface area (Å²) in [7, 11) is 0. The van der Waals surface area contributed by atoms with E-state index in [1.54, 1.807) is 21.9 Å². The molecule has 1 aromatic carbocycles. The summed E-state index contributed by atoms with van der Waals surface area (Å²) in [6.07, 6.45) is 1.07. The van der Waals surface area contributed by atoms with Gasteiger partial charge in [0.05, 0.1) is 12.1 Å². The first-order valence-electron chi connectivity index (χ1n) is 7.82. The second kappa shape index (κ2) is 6.54. The van der Waals surface area contributed by atoms with Crippen molar-refractivity contribution in [3.05, 3.63) is 30.1 Å². The van der Waals surface area contributed by atoms with E-state index in [2.05, 4.69) is 5.32 Å². The van der Waals surface area contributed by atoms with Crippen LogP contribution in [0.25, 0.3) is 0 Å². The summed E-state index contributed by atoms with van der Waals surface area (Å²) >= 11 is 0. The Balaban J connectivity index is 1.57. The van der Waals surface area contributed by atoms with Crippen LogP contribution in [0.15, 0.2) is 24.3 Å². The molecule has 0 spiro atoms. The highest BCUT2D eigenvalue weighted by molar-refractivity contribution is 5.96. The molecule has 6 nitrogen and oxygen atoms in total. The lowest BCUT2D eigenvalue weighted by molar-refractivity contribution is -0.117. The van der Waals surface area contributed by atoms with Crippen LogP contribution in [0.1, 0.15) is 19.3 Å². The molecule has 0 saturated carbocycles. The smallest absolute Gasteiger partial charge is 0.317 e. The van der Waals surface area contributed by atoms with Gasteiger partial charge in [-0.2, -0.15) is 0 Å². The van der Waals surface area contributed by atoms with Crippen molar-refractivity contribution in [3.63, 3.8) is 0 Å². The van der Waals surface area contributed by atoms with Crippen LogP contribution in [-0.2, 0) is 4.79 Å². The van der Waals surface area contributed by atoms with Crippen LogP contribution in [0, 0.1) is 5.82 Å². The quantitative estimate of drug-likeness (QED) is 0.857. The fourth-order valence-corrected chi connectivity index (χ4v) is 3.01. The largest absolute Gasteiger partial charge is 0.393 e. The van der Waals surface area contributed by atoms with Crippen LogP contribution >= 0.6 is 0 Å². The average molecular weight is 321 g/mol. The Bertz CT molecular complexity index is 585. The number of benzene rings is 1. The van der Waals surface area contributed by atoms with Gasteiger partial charge in [-0.25, -0.2) is 9.18 Å². The van der Waals surface area contributed by atoms with Crippen LogP contribution in [-0.4, -0.2) is 53.7 Å². The molecule has 2 fully saturated rings. The Morgan fingerprint density at radius 2 is 1.87 bits per heavy atom. The number of hydrogen-bond donors (Lipinski definition) is 2. The number of nitrogens with zero attached hydrogens (tertiary/aromatic N) is 2. The number of rotatable bonds is 2. The third-order valence-electron chi connectivity index (χ3n) is 4.34. The zero-order valence-electron chi connectivity index (χ0n) is 12.7. The number of amides is 3. The van der Waals surface area contributed by atoms with Crippen molar-refractivity contribution in [2.24, 2.45) is 0 Å². The minimum Gasteiger partial charge on any atom is -0.393 e. The molecule has 124 valence electrons. The first kappa shape index (κ1) is 15.7. The standard InChI is InChI=1S/C16H20FN3O3/c17-11-1-3-13(4-2-11)20-10-12(9-15(20)22)18-16(23)19-7-5-14(21)6-8-19/h1-4,12,14,21H,5-10H2,(H,18,23)/t12-/m0/s1. The van der Waals surface area contributed by atoms with Gasteiger partial charge in [0, 0.05) is 31.7 Å². The van der Waals surface area contributed by atoms with E-state index < -0.39 is 0 Å². The maximum Gasteiger partial charge on any atom is 0.317 e. The Hall–Kier alpha value is -2.15. The van der Waals surface area contributed by atoms with E-state index in [9.17, 15) is 19.1 Å². The molecule has 1 atom stereocenters. The van der Waals surface area contributed by atoms with Crippen molar-refractivity contribution in [2.75, 3.05) is 24.5 Å². The van der Waals surface area contributed by atoms with E-state index in [1.165, 1.54) is 12.1 Å². The van der Waals surface area contributed by atoms with Crippen LogP contribution in [0.2, 0.25) is 0 Å². The maximum absolute atomic E-state index is 13.0. The number of likely N-dealkylation sites (tertiary alicyclic amines) is 1. The molecule has 0 bridgehead atoms. The van der Waals surface area contributed by atoms with Gasteiger partial charge in [0.15, 0.2) is 0 Å². The number of anilines is 1. The van der Waals surface area contributed by atoms with Crippen molar-refractivity contribution < 1.29 is 19.1 Å². The fraction of sp³-hybridized carbons (Fsp3) is 0.500. The van der Waals surface area contributed by atoms with Crippen LogP contribution < -0.4 is 10.2 Å². The van der Waals surface area contributed by atoms with Crippen LogP contribution in [0.4, 0.5) is 14.9 Å². The van der Waals surface area contributed by atoms with Gasteiger partial charge in [-0.05, 0) is 37.1 Å². The molecule has 3 amide bonds. The van der Waals surface area contributed by atoms with Crippen molar-refractivity contribution in [3.8, 4) is 0 Å². The number of urea groups is 1. The van der Waals surface area contributed by atoms with Gasteiger partial charge < -0.3 is 20.2 Å². The molecule has 2 aliphatic rings. The van der Waals surface area contributed by atoms with Gasteiger partial charge in [-0.3, -0.25) is 4.79 Å². The Morgan fingerprint density at radius 1 is 1.22 bits per heavy atom. The molecule has 0 aromatic heterocycles. The summed E-state index contributed by atoms with van der Waals surface area (Å²) in [6, 6.07) is 5.29. The predicted octanol–water partition coefficient (Wildman–Crippen LogP) is 1.10. The second-order valence-corrected chi connectivity index (χ2v) is 6.05. The molecular weight excluding hydrogens is 301 g/mol. The lowest BCUT2D eigenvalue weighted by Crippen LogP contribution is -2.49. The number of carbonyl (C=O) groups excluding carboxylic acids is 2. The van der Waals surface area contributed by atoms with E-state index in [1.807, 2.05) is 0 Å². The fourth-order valence-electron chi connectivity index (χ4n) is 3.01. The Kier molecular flexibility index (Phi) is 4.47. The molecule has 7 heteroatoms. The third-order valence-corrected chi connectivity index (χ3v) is 4.34. The summed E-state index contributed by atoms with van der Waals surface area (Å²) in [5.41, 5.74) is 0.634. The predicted molar refractivity (Wildman–Crippen MR) is 82.5 cm³/mol. The number of piperidine rings is 1. The summed E-state index contributed by atoms with van der Waals surface area (Å²) in [4.78, 5) is 27.5. The number of aliphatic hydroxyl groups excluding tert-OH is 1. The third kappa shape index (κ3) is 3.61. The number of nitrogens with one attached hydrogen (secondary N) is 1. The van der Waals surface area contributed by atoms with Crippen LogP contribution in [0.3, 0.4) is 0 Å². The van der Waals surface area contributed by atoms with Gasteiger partial charge in [-0.1, -0.05) is 0 Å². The van der Waals surface area contributed by atoms with Crippen LogP contribution in [0.5, 0.6) is 0 Å². The summed E-state index contributed by atoms with van der Waals surface area (Å²) < 4.78 is 13.0. The zero-order valence-corrected chi connectivity index (χ0v) is 12.7. The highest BCUT2D eigenvalue weighted by Gasteiger charge is 2.33. The molecule has 0 radical (unpaired) electrons. The number of aliphatic hydroxyl groups is 1. The first-order chi connectivity index (χ1) is 11.0. The molecule has 2 saturated heterocycles. The second-order valence-electron chi connectivity index (χ2n) is 6.05. The minimum absolute atomic E-state index is 0.0871. The van der Waals surface area contributed by atoms with E-state index in [0.717, 1.165) is 0 Å². The molecule has 2 heterocycles. The average Bonchev–Trinajstić information content (AvgIpc) is 2.89. The van der Waals surface area contributed by atoms with Crippen molar-refractivity contribution in [1.82, 2.24) is 10.2 Å². The number of hydrogen-bond acceptors (Lipinski definition) is 3. The van der Waals surface area contributed by atoms with E-state index in [0.29, 0.717) is 38.2 Å². The molecule has 0 aliphatic carbocycles. The molecule has 0 unspecified atom stereocenters. The van der Waals surface area contributed by atoms with Gasteiger partial charge in [0.2, 0.25) is 5.91 Å². The van der Waals surface area contributed by atoms with Crippen molar-refractivity contribution in [1.29, 1.82) is 0 Å². The first-order valence-corrected chi connectivity index (χ1v) is 7.82. The zero-order chi connectivity index (χ0) is 16.4. The van der Waals surface area contributed by atoms with E-state index >= 15 is 0 Å². The molecule has 3 rings (SSSR count). The Labute approximate surface area is 133 Å². The summed E-state index contributed by atoms with van der Waals surface area (Å²) in [6.45, 7) is 1.43. The van der Waals surface area contributed by atoms with E-state index in [-0.39, 0.29) is 36.3 Å². The summed E-state index contributed by atoms with van der Waals surface area (Å²) in [5, 5.41) is 12.3. The lowest BCUT2D eigenvalue weighted by atomic mass is 10.1. The monoisotopic (exact) mass is 321 g/mol. The van der Waals surface area contributed by atoms with Gasteiger partial charge in [0.1, 0.15) is 5.82 Å². The number of halogens is 1.